The van der Waals surface area contributed by atoms with Gasteiger partial charge in [-0.2, -0.15) is 9.46 Å². The first-order valence-electron chi connectivity index (χ1n) is 17.3. The highest BCUT2D eigenvalue weighted by Crippen LogP contribution is 2.45. The highest BCUT2D eigenvalue weighted by Gasteiger charge is 2.43. The van der Waals surface area contributed by atoms with Crippen molar-refractivity contribution in [2.75, 3.05) is 5.32 Å². The molecule has 5 aromatic rings. The molecule has 2 N–H and O–H groups in total. The third-order valence-corrected chi connectivity index (χ3v) is 12.3. The fourth-order valence-electron chi connectivity index (χ4n) is 7.76. The molecule has 2 heterocycles. The maximum absolute atomic E-state index is 16.0. The normalized spacial score (nSPS) is 20.3. The number of rotatable bonds is 8. The smallest absolute Gasteiger partial charge is 0.331 e. The number of anilines is 1. The molecule has 0 saturated carbocycles. The van der Waals surface area contributed by atoms with Crippen molar-refractivity contribution in [2.24, 2.45) is 4.36 Å². The number of aryl methyl sites for hydroxylation is 1. The van der Waals surface area contributed by atoms with Gasteiger partial charge in [0.15, 0.2) is 9.92 Å². The highest BCUT2D eigenvalue weighted by molar-refractivity contribution is 7.92. The Morgan fingerprint density at radius 3 is 2.18 bits per heavy atom. The van der Waals surface area contributed by atoms with Gasteiger partial charge in [0.05, 0.1) is 12.7 Å². The van der Waals surface area contributed by atoms with Crippen LogP contribution in [-0.4, -0.2) is 31.8 Å². The number of amides is 2. The fraction of sp³-hybridized carbons (Fsp3) is 0.300. The second kappa shape index (κ2) is 12.4. The number of halogens is 1. The van der Waals surface area contributed by atoms with Crippen molar-refractivity contribution in [1.29, 1.82) is 0 Å². The molecule has 4 aromatic carbocycles. The summed E-state index contributed by atoms with van der Waals surface area (Å²) in [6.07, 6.45) is 4.38. The lowest BCUT2D eigenvalue weighted by Crippen LogP contribution is -2.38. The number of carbonyl (C=O) groups is 1. The summed E-state index contributed by atoms with van der Waals surface area (Å²) in [7, 11) is -3.89. The Balaban J connectivity index is 1.34. The minimum Gasteiger partial charge on any atom is -0.469 e. The zero-order chi connectivity index (χ0) is 34.5. The Bertz CT molecular complexity index is 2100. The predicted molar refractivity (Wildman–Crippen MR) is 193 cm³/mol. The van der Waals surface area contributed by atoms with Gasteiger partial charge in [0.2, 0.25) is 5.88 Å². The van der Waals surface area contributed by atoms with Crippen LogP contribution in [0.2, 0.25) is 0 Å². The average Bonchev–Trinajstić information content (AvgIpc) is 3.92. The summed E-state index contributed by atoms with van der Waals surface area (Å²) in [4.78, 5) is 14.5. The van der Waals surface area contributed by atoms with Gasteiger partial charge in [-0.15, -0.1) is 0 Å². The molecule has 1 unspecified atom stereocenters. The predicted octanol–water partition coefficient (Wildman–Crippen LogP) is 7.93. The van der Waals surface area contributed by atoms with Crippen LogP contribution in [0, 0.1) is 0 Å². The van der Waals surface area contributed by atoms with Gasteiger partial charge in [0.1, 0.15) is 22.2 Å². The Hall–Kier alpha value is -4.96. The maximum Gasteiger partial charge on any atom is 0.331 e. The molecule has 8 nitrogen and oxygen atoms in total. The molecule has 0 fully saturated rings. The van der Waals surface area contributed by atoms with Gasteiger partial charge in [0, 0.05) is 18.5 Å². The first-order valence-corrected chi connectivity index (χ1v) is 18.8. The zero-order valence-electron chi connectivity index (χ0n) is 28.2. The molecule has 1 aliphatic heterocycles. The number of hydrogen-bond donors (Lipinski definition) is 2. The van der Waals surface area contributed by atoms with E-state index < -0.39 is 33.3 Å². The third-order valence-electron chi connectivity index (χ3n) is 10.4. The molecule has 0 radical (unpaired) electrons. The van der Waals surface area contributed by atoms with Crippen LogP contribution < -0.4 is 14.8 Å². The van der Waals surface area contributed by atoms with E-state index in [-0.39, 0.29) is 11.3 Å². The quantitative estimate of drug-likeness (QED) is 0.162. The number of benzene rings is 4. The van der Waals surface area contributed by atoms with Gasteiger partial charge in [-0.25, -0.2) is 22.8 Å². The van der Waals surface area contributed by atoms with Gasteiger partial charge < -0.3 is 10.1 Å². The van der Waals surface area contributed by atoms with Crippen LogP contribution in [-0.2, 0) is 47.7 Å². The van der Waals surface area contributed by atoms with Crippen molar-refractivity contribution in [3.05, 3.63) is 142 Å². The molecule has 0 spiro atoms. The largest absolute Gasteiger partial charge is 0.469 e. The molecule has 8 rings (SSSR count). The Kier molecular flexibility index (Phi) is 8.01. The van der Waals surface area contributed by atoms with E-state index in [1.54, 1.807) is 4.68 Å². The van der Waals surface area contributed by atoms with Crippen molar-refractivity contribution < 1.29 is 18.1 Å². The van der Waals surface area contributed by atoms with Crippen molar-refractivity contribution >= 4 is 21.6 Å². The van der Waals surface area contributed by atoms with E-state index in [0.717, 1.165) is 58.2 Å². The van der Waals surface area contributed by atoms with Crippen molar-refractivity contribution in [2.45, 2.75) is 81.1 Å². The molecule has 50 heavy (non-hydrogen) atoms. The fourth-order valence-corrected chi connectivity index (χ4v) is 9.59. The van der Waals surface area contributed by atoms with Crippen LogP contribution in [0.5, 0.6) is 5.88 Å². The lowest BCUT2D eigenvalue weighted by atomic mass is 9.78. The Morgan fingerprint density at radius 2 is 1.58 bits per heavy atom. The van der Waals surface area contributed by atoms with Crippen LogP contribution >= 0.6 is 0 Å². The molecule has 3 aliphatic rings. The first-order chi connectivity index (χ1) is 24.2. The number of aromatic nitrogens is 2. The van der Waals surface area contributed by atoms with E-state index in [2.05, 4.69) is 21.2 Å². The summed E-state index contributed by atoms with van der Waals surface area (Å²) in [6, 6.07) is 30.5. The number of nitrogens with one attached hydrogen (secondary N) is 2. The van der Waals surface area contributed by atoms with Crippen molar-refractivity contribution in [3.8, 4) is 5.88 Å². The molecule has 3 atom stereocenters. The summed E-state index contributed by atoms with van der Waals surface area (Å²) in [6.45, 7) is 4.49. The molecule has 2 amide bonds. The molecule has 0 bridgehead atoms. The van der Waals surface area contributed by atoms with Crippen LogP contribution in [0.25, 0.3) is 0 Å². The standard InChI is InChI=1S/C40H40FN5O3S/c1-3-39(2)26-46-37(49-39)35(25-42-46)50(48,44-38(47)43-36-33-21-13-14-27(33)22-28-23-32(41)24-34(28)36)45-40(29-15-7-4-8-16-29,30-17-9-5-10-18-30)31-19-11-6-12-20-31/h4-12,15-20,22,25,32H,3,13-14,21,23-24,26H2,1-2H3,(H2,43,44,45,47,48)/t32-,39+,50?/m0/s1. The van der Waals surface area contributed by atoms with Crippen LogP contribution in [0.3, 0.4) is 0 Å². The number of alkyl halides is 1. The maximum atomic E-state index is 16.0. The SMILES string of the molecule is CC[C@]1(C)Cn2ncc(S(=O)(=NC(c3ccccc3)(c3ccccc3)c3ccccc3)NC(=O)Nc3c4c(cc5c3C[C@@H](F)C5)CCC4)c2O1. The molecule has 0 saturated heterocycles. The van der Waals surface area contributed by atoms with E-state index in [9.17, 15) is 9.18 Å². The number of ether oxygens (including phenoxy) is 1. The second-order valence-electron chi connectivity index (χ2n) is 13.7. The van der Waals surface area contributed by atoms with Crippen molar-refractivity contribution in [3.63, 3.8) is 0 Å². The van der Waals surface area contributed by atoms with Gasteiger partial charge in [-0.05, 0) is 71.6 Å². The average molecular weight is 690 g/mol. The number of fused-ring (bicyclic) bond motifs is 3. The summed E-state index contributed by atoms with van der Waals surface area (Å²) in [5, 5.41) is 7.64. The lowest BCUT2D eigenvalue weighted by Gasteiger charge is -2.33. The number of urea groups is 1. The van der Waals surface area contributed by atoms with Gasteiger partial charge in [-0.3, -0.25) is 0 Å². The zero-order valence-corrected chi connectivity index (χ0v) is 29.0. The molecule has 256 valence electrons. The number of carbonyl (C=O) groups excluding carboxylic acids is 1. The minimum atomic E-state index is -3.89. The van der Waals surface area contributed by atoms with E-state index >= 15 is 4.21 Å². The van der Waals surface area contributed by atoms with Crippen LogP contribution in [0.1, 0.15) is 65.6 Å². The number of hydrogen-bond acceptors (Lipinski definition) is 5. The van der Waals surface area contributed by atoms with Gasteiger partial charge in [-0.1, -0.05) is 104 Å². The molecule has 2 aliphatic carbocycles. The van der Waals surface area contributed by atoms with E-state index in [4.69, 9.17) is 9.10 Å². The minimum absolute atomic E-state index is 0.185. The van der Waals surface area contributed by atoms with Crippen molar-refractivity contribution in [1.82, 2.24) is 14.5 Å². The highest BCUT2D eigenvalue weighted by atomic mass is 32.2. The van der Waals surface area contributed by atoms with Crippen LogP contribution in [0.4, 0.5) is 14.9 Å². The lowest BCUT2D eigenvalue weighted by molar-refractivity contribution is 0.105. The van der Waals surface area contributed by atoms with Gasteiger partial charge in [0.25, 0.3) is 0 Å². The van der Waals surface area contributed by atoms with Gasteiger partial charge >= 0.3 is 6.03 Å². The van der Waals surface area contributed by atoms with E-state index in [0.29, 0.717) is 31.0 Å². The molecular formula is C40H40FN5O3S. The number of nitrogens with zero attached hydrogens (tertiary/aromatic N) is 3. The molecule has 1 aromatic heterocycles. The Morgan fingerprint density at radius 1 is 0.960 bits per heavy atom. The van der Waals surface area contributed by atoms with E-state index in [1.807, 2.05) is 105 Å². The summed E-state index contributed by atoms with van der Waals surface area (Å²) >= 11 is 0. The topological polar surface area (TPSA) is 97.6 Å². The third kappa shape index (κ3) is 5.46. The molecular weight excluding hydrogens is 650 g/mol. The summed E-state index contributed by atoms with van der Waals surface area (Å²) < 4.78 is 47.2. The summed E-state index contributed by atoms with van der Waals surface area (Å²) in [5.41, 5.74) is 4.94. The summed E-state index contributed by atoms with van der Waals surface area (Å²) in [5.74, 6) is 0.313. The monoisotopic (exact) mass is 689 g/mol. The molecule has 10 heteroatoms. The van der Waals surface area contributed by atoms with E-state index in [1.165, 1.54) is 6.20 Å². The first kappa shape index (κ1) is 32.3. The second-order valence-corrected chi connectivity index (χ2v) is 15.6. The Labute approximate surface area is 292 Å². The van der Waals surface area contributed by atoms with Crippen LogP contribution in [0.15, 0.2) is 113 Å².